The van der Waals surface area contributed by atoms with Crippen LogP contribution in [0.5, 0.6) is 5.75 Å². The molecule has 32 heavy (non-hydrogen) atoms. The van der Waals surface area contributed by atoms with Gasteiger partial charge in [0.1, 0.15) is 11.6 Å². The van der Waals surface area contributed by atoms with Crippen LogP contribution in [-0.4, -0.2) is 25.5 Å². The highest BCUT2D eigenvalue weighted by Gasteiger charge is 2.12. The molecule has 0 aliphatic heterocycles. The third kappa shape index (κ3) is 4.97. The van der Waals surface area contributed by atoms with Crippen LogP contribution in [0.1, 0.15) is 27.2 Å². The molecule has 2 aromatic heterocycles. The van der Waals surface area contributed by atoms with E-state index in [1.54, 1.807) is 41.3 Å². The molecule has 0 radical (unpaired) electrons. The topological polar surface area (TPSA) is 74.0 Å². The van der Waals surface area contributed by atoms with Crippen molar-refractivity contribution >= 4 is 23.2 Å². The zero-order valence-corrected chi connectivity index (χ0v) is 18.3. The summed E-state index contributed by atoms with van der Waals surface area (Å²) in [5.74, 6) is -0.00851. The molecule has 164 valence electrons. The fraction of sp³-hybridized carbons (Fsp3) is 0.174. The lowest BCUT2D eigenvalue weighted by Crippen LogP contribution is -2.14. The molecule has 0 spiro atoms. The quantitative estimate of drug-likeness (QED) is 0.435. The lowest BCUT2D eigenvalue weighted by atomic mass is 10.1. The maximum absolute atomic E-state index is 13.8. The summed E-state index contributed by atoms with van der Waals surface area (Å²) in [5, 5.41) is 11.9. The van der Waals surface area contributed by atoms with E-state index in [-0.39, 0.29) is 30.7 Å². The van der Waals surface area contributed by atoms with Crippen LogP contribution in [0.15, 0.2) is 61.1 Å². The molecule has 2 aromatic carbocycles. The van der Waals surface area contributed by atoms with E-state index in [1.807, 2.05) is 26.0 Å². The Hall–Kier alpha value is -3.65. The van der Waals surface area contributed by atoms with Crippen LogP contribution in [0.25, 0.3) is 0 Å². The molecule has 0 unspecified atom stereocenters. The van der Waals surface area contributed by atoms with Crippen LogP contribution in [0, 0.1) is 19.7 Å². The standard InChI is InChI=1S/C23H21ClFN5O2/c1-15-9-19(10-16(2)22(15)24)32-14-29-8-7-21(28-29)23(31)27-18-11-26-30(13-18)12-17-5-3-4-6-20(17)25/h3-11,13H,12,14H2,1-2H3,(H,27,31). The molecule has 0 saturated heterocycles. The molecule has 0 aliphatic rings. The number of aromatic nitrogens is 4. The molecular weight excluding hydrogens is 433 g/mol. The molecule has 0 fully saturated rings. The first-order valence-corrected chi connectivity index (χ1v) is 10.3. The Morgan fingerprint density at radius 2 is 1.91 bits per heavy atom. The number of halogens is 2. The number of anilines is 1. The minimum atomic E-state index is -0.382. The molecule has 9 heteroatoms. The van der Waals surface area contributed by atoms with Crippen LogP contribution in [0.4, 0.5) is 10.1 Å². The van der Waals surface area contributed by atoms with Gasteiger partial charge in [-0.15, -0.1) is 0 Å². The Morgan fingerprint density at radius 3 is 2.66 bits per heavy atom. The predicted molar refractivity (Wildman–Crippen MR) is 119 cm³/mol. The van der Waals surface area contributed by atoms with Crippen molar-refractivity contribution in [2.24, 2.45) is 0 Å². The van der Waals surface area contributed by atoms with Crippen molar-refractivity contribution in [3.05, 3.63) is 94.3 Å². The van der Waals surface area contributed by atoms with E-state index >= 15 is 0 Å². The molecule has 1 N–H and O–H groups in total. The number of hydrogen-bond acceptors (Lipinski definition) is 4. The Balaban J connectivity index is 1.35. The molecule has 4 rings (SSSR count). The van der Waals surface area contributed by atoms with E-state index in [1.165, 1.54) is 16.9 Å². The minimum Gasteiger partial charge on any atom is -0.471 e. The second-order valence-electron chi connectivity index (χ2n) is 7.36. The van der Waals surface area contributed by atoms with E-state index in [0.717, 1.165) is 11.1 Å². The molecule has 2 heterocycles. The third-order valence-electron chi connectivity index (χ3n) is 4.83. The number of hydrogen-bond donors (Lipinski definition) is 1. The zero-order chi connectivity index (χ0) is 22.7. The number of carbonyl (C=O) groups excluding carboxylic acids is 1. The summed E-state index contributed by atoms with van der Waals surface area (Å²) < 4.78 is 22.6. The van der Waals surface area contributed by atoms with E-state index in [2.05, 4.69) is 15.5 Å². The van der Waals surface area contributed by atoms with Gasteiger partial charge >= 0.3 is 0 Å². The van der Waals surface area contributed by atoms with Crippen molar-refractivity contribution in [2.75, 3.05) is 5.32 Å². The molecule has 1 amide bonds. The highest BCUT2D eigenvalue weighted by Crippen LogP contribution is 2.26. The lowest BCUT2D eigenvalue weighted by Gasteiger charge is -2.10. The number of rotatable bonds is 7. The van der Waals surface area contributed by atoms with Gasteiger partial charge in [-0.2, -0.15) is 10.2 Å². The minimum absolute atomic E-state index is 0.147. The number of amides is 1. The number of nitrogens with one attached hydrogen (secondary N) is 1. The van der Waals surface area contributed by atoms with Gasteiger partial charge in [0.05, 0.1) is 18.4 Å². The fourth-order valence-corrected chi connectivity index (χ4v) is 3.30. The Kier molecular flexibility index (Phi) is 6.23. The van der Waals surface area contributed by atoms with Crippen LogP contribution >= 0.6 is 11.6 Å². The van der Waals surface area contributed by atoms with Crippen molar-refractivity contribution < 1.29 is 13.9 Å². The normalized spacial score (nSPS) is 10.9. The van der Waals surface area contributed by atoms with Crippen molar-refractivity contribution in [1.82, 2.24) is 19.6 Å². The summed E-state index contributed by atoms with van der Waals surface area (Å²) in [5.41, 5.74) is 3.09. The van der Waals surface area contributed by atoms with Crippen molar-refractivity contribution in [2.45, 2.75) is 27.1 Å². The van der Waals surface area contributed by atoms with E-state index in [4.69, 9.17) is 16.3 Å². The number of nitrogens with zero attached hydrogens (tertiary/aromatic N) is 4. The van der Waals surface area contributed by atoms with Crippen LogP contribution in [0.3, 0.4) is 0 Å². The fourth-order valence-electron chi connectivity index (χ4n) is 3.20. The van der Waals surface area contributed by atoms with Gasteiger partial charge in [-0.05, 0) is 49.2 Å². The smallest absolute Gasteiger partial charge is 0.276 e. The maximum atomic E-state index is 13.8. The van der Waals surface area contributed by atoms with Crippen LogP contribution < -0.4 is 10.1 Å². The summed E-state index contributed by atoms with van der Waals surface area (Å²) in [6.07, 6.45) is 4.80. The van der Waals surface area contributed by atoms with E-state index in [9.17, 15) is 9.18 Å². The SMILES string of the molecule is Cc1cc(OCn2ccc(C(=O)Nc3cnn(Cc4ccccc4F)c3)n2)cc(C)c1Cl. The number of carbonyl (C=O) groups is 1. The van der Waals surface area contributed by atoms with Crippen molar-refractivity contribution in [3.63, 3.8) is 0 Å². The Morgan fingerprint density at radius 1 is 1.16 bits per heavy atom. The summed E-state index contributed by atoms with van der Waals surface area (Å²) >= 11 is 6.18. The van der Waals surface area contributed by atoms with E-state index < -0.39 is 0 Å². The van der Waals surface area contributed by atoms with Gasteiger partial charge in [0, 0.05) is 23.0 Å². The summed E-state index contributed by atoms with van der Waals surface area (Å²) in [4.78, 5) is 12.5. The number of aryl methyl sites for hydroxylation is 2. The molecule has 0 saturated carbocycles. The summed E-state index contributed by atoms with van der Waals surface area (Å²) in [7, 11) is 0. The highest BCUT2D eigenvalue weighted by atomic mass is 35.5. The van der Waals surface area contributed by atoms with Gasteiger partial charge < -0.3 is 10.1 Å². The first-order chi connectivity index (χ1) is 15.4. The molecule has 0 atom stereocenters. The van der Waals surface area contributed by atoms with E-state index in [0.29, 0.717) is 22.0 Å². The monoisotopic (exact) mass is 453 g/mol. The largest absolute Gasteiger partial charge is 0.471 e. The van der Waals surface area contributed by atoms with Crippen molar-refractivity contribution in [1.29, 1.82) is 0 Å². The summed E-state index contributed by atoms with van der Waals surface area (Å²) in [6, 6.07) is 11.8. The Bertz CT molecular complexity index is 1240. The van der Waals surface area contributed by atoms with Gasteiger partial charge in [-0.3, -0.25) is 9.48 Å². The zero-order valence-electron chi connectivity index (χ0n) is 17.5. The van der Waals surface area contributed by atoms with Crippen molar-refractivity contribution in [3.8, 4) is 5.75 Å². The predicted octanol–water partition coefficient (Wildman–Crippen LogP) is 4.83. The number of benzene rings is 2. The summed E-state index contributed by atoms with van der Waals surface area (Å²) in [6.45, 7) is 4.24. The molecule has 7 nitrogen and oxygen atoms in total. The van der Waals surface area contributed by atoms with Crippen LogP contribution in [0.2, 0.25) is 5.02 Å². The molecular formula is C23H21ClFN5O2. The maximum Gasteiger partial charge on any atom is 0.276 e. The number of ether oxygens (including phenoxy) is 1. The van der Waals surface area contributed by atoms with Gasteiger partial charge in [0.15, 0.2) is 12.4 Å². The van der Waals surface area contributed by atoms with Gasteiger partial charge in [-0.25, -0.2) is 9.07 Å². The van der Waals surface area contributed by atoms with Crippen LogP contribution in [-0.2, 0) is 13.3 Å². The van der Waals surface area contributed by atoms with Gasteiger partial charge in [-0.1, -0.05) is 29.8 Å². The first kappa shape index (κ1) is 21.6. The second-order valence-corrected chi connectivity index (χ2v) is 7.74. The third-order valence-corrected chi connectivity index (χ3v) is 5.42. The average molecular weight is 454 g/mol. The second kappa shape index (κ2) is 9.23. The highest BCUT2D eigenvalue weighted by molar-refractivity contribution is 6.32. The lowest BCUT2D eigenvalue weighted by molar-refractivity contribution is 0.102. The van der Waals surface area contributed by atoms with Gasteiger partial charge in [0.25, 0.3) is 5.91 Å². The first-order valence-electron chi connectivity index (χ1n) is 9.89. The molecule has 4 aromatic rings. The molecule has 0 aliphatic carbocycles. The Labute approximate surface area is 189 Å². The van der Waals surface area contributed by atoms with Gasteiger partial charge in [0.2, 0.25) is 0 Å². The average Bonchev–Trinajstić information content (AvgIpc) is 3.42. The molecule has 0 bridgehead atoms.